The SMILES string of the molecule is Cc1ccc(C(=O)/C=C/c2cc(-c3ccc(F)cc3)n[nH]2)cc1. The number of hydrogen-bond donors (Lipinski definition) is 1. The van der Waals surface area contributed by atoms with Crippen molar-refractivity contribution < 1.29 is 9.18 Å². The Hall–Kier alpha value is -3.01. The van der Waals surface area contributed by atoms with Gasteiger partial charge in [0.15, 0.2) is 5.78 Å². The third kappa shape index (κ3) is 3.61. The summed E-state index contributed by atoms with van der Waals surface area (Å²) in [5.41, 5.74) is 3.98. The molecular formula is C19H15FN2O. The highest BCUT2D eigenvalue weighted by Crippen LogP contribution is 2.18. The molecule has 23 heavy (non-hydrogen) atoms. The lowest BCUT2D eigenvalue weighted by molar-refractivity contribution is 0.104. The van der Waals surface area contributed by atoms with Crippen molar-refractivity contribution in [3.8, 4) is 11.3 Å². The number of benzene rings is 2. The highest BCUT2D eigenvalue weighted by Gasteiger charge is 2.04. The van der Waals surface area contributed by atoms with Gasteiger partial charge in [0.25, 0.3) is 0 Å². The topological polar surface area (TPSA) is 45.8 Å². The van der Waals surface area contributed by atoms with Crippen LogP contribution >= 0.6 is 0 Å². The van der Waals surface area contributed by atoms with Crippen molar-refractivity contribution in [2.24, 2.45) is 0 Å². The van der Waals surface area contributed by atoms with Crippen LogP contribution in [-0.2, 0) is 0 Å². The van der Waals surface area contributed by atoms with Gasteiger partial charge in [0, 0.05) is 11.1 Å². The van der Waals surface area contributed by atoms with Crippen LogP contribution < -0.4 is 0 Å². The fourth-order valence-electron chi connectivity index (χ4n) is 2.17. The van der Waals surface area contributed by atoms with Crippen molar-refractivity contribution in [3.05, 3.63) is 83.3 Å². The summed E-state index contributed by atoms with van der Waals surface area (Å²) in [6, 6.07) is 15.3. The third-order valence-corrected chi connectivity index (χ3v) is 3.49. The first kappa shape index (κ1) is 14.9. The van der Waals surface area contributed by atoms with E-state index >= 15 is 0 Å². The van der Waals surface area contributed by atoms with E-state index in [2.05, 4.69) is 10.2 Å². The van der Waals surface area contributed by atoms with Crippen LogP contribution in [0.2, 0.25) is 0 Å². The number of rotatable bonds is 4. The number of aromatic amines is 1. The molecule has 0 unspecified atom stereocenters. The highest BCUT2D eigenvalue weighted by molar-refractivity contribution is 6.06. The number of H-pyrrole nitrogens is 1. The van der Waals surface area contributed by atoms with Crippen LogP contribution in [0.5, 0.6) is 0 Å². The Bertz CT molecular complexity index is 846. The third-order valence-electron chi connectivity index (χ3n) is 3.49. The molecule has 1 heterocycles. The number of ketones is 1. The minimum absolute atomic E-state index is 0.0667. The number of nitrogens with one attached hydrogen (secondary N) is 1. The van der Waals surface area contributed by atoms with Gasteiger partial charge < -0.3 is 0 Å². The van der Waals surface area contributed by atoms with Gasteiger partial charge in [-0.1, -0.05) is 29.8 Å². The number of carbonyl (C=O) groups excluding carboxylic acids is 1. The summed E-state index contributed by atoms with van der Waals surface area (Å²) in [4.78, 5) is 12.1. The molecule has 0 fully saturated rings. The van der Waals surface area contributed by atoms with Gasteiger partial charge in [-0.3, -0.25) is 9.89 Å². The van der Waals surface area contributed by atoms with Crippen molar-refractivity contribution in [2.45, 2.75) is 6.92 Å². The maximum absolute atomic E-state index is 12.9. The monoisotopic (exact) mass is 306 g/mol. The van der Waals surface area contributed by atoms with Crippen LogP contribution in [0.4, 0.5) is 4.39 Å². The number of hydrogen-bond acceptors (Lipinski definition) is 2. The summed E-state index contributed by atoms with van der Waals surface area (Å²) in [7, 11) is 0. The minimum Gasteiger partial charge on any atom is -0.289 e. The first-order chi connectivity index (χ1) is 11.1. The molecule has 3 aromatic rings. The highest BCUT2D eigenvalue weighted by atomic mass is 19.1. The first-order valence-corrected chi connectivity index (χ1v) is 7.22. The van der Waals surface area contributed by atoms with Gasteiger partial charge in [-0.25, -0.2) is 4.39 Å². The van der Waals surface area contributed by atoms with Crippen LogP contribution in [-0.4, -0.2) is 16.0 Å². The van der Waals surface area contributed by atoms with E-state index in [4.69, 9.17) is 0 Å². The molecule has 1 N–H and O–H groups in total. The van der Waals surface area contributed by atoms with Gasteiger partial charge in [0.1, 0.15) is 5.82 Å². The Balaban J connectivity index is 1.74. The number of aryl methyl sites for hydroxylation is 1. The molecule has 0 atom stereocenters. The maximum Gasteiger partial charge on any atom is 0.185 e. The number of allylic oxidation sites excluding steroid dienone is 1. The minimum atomic E-state index is -0.284. The number of halogens is 1. The Labute approximate surface area is 133 Å². The van der Waals surface area contributed by atoms with E-state index in [1.807, 2.05) is 25.1 Å². The van der Waals surface area contributed by atoms with Crippen LogP contribution in [0, 0.1) is 12.7 Å². The predicted molar refractivity (Wildman–Crippen MR) is 88.5 cm³/mol. The van der Waals surface area contributed by atoms with Gasteiger partial charge in [-0.05, 0) is 49.4 Å². The predicted octanol–water partition coefficient (Wildman–Crippen LogP) is 4.42. The Morgan fingerprint density at radius 3 is 2.48 bits per heavy atom. The van der Waals surface area contributed by atoms with Crippen LogP contribution in [0.15, 0.2) is 60.7 Å². The molecule has 114 valence electrons. The molecule has 0 aliphatic carbocycles. The van der Waals surface area contributed by atoms with E-state index < -0.39 is 0 Å². The molecule has 0 saturated carbocycles. The normalized spacial score (nSPS) is 11.0. The standard InChI is InChI=1S/C19H15FN2O/c1-13-2-4-15(5-3-13)19(23)11-10-17-12-18(22-21-17)14-6-8-16(20)9-7-14/h2-12H,1H3,(H,21,22)/b11-10+. The van der Waals surface area contributed by atoms with Gasteiger partial charge >= 0.3 is 0 Å². The molecule has 0 spiro atoms. The molecular weight excluding hydrogens is 291 g/mol. The number of nitrogens with zero attached hydrogens (tertiary/aromatic N) is 1. The molecule has 0 aliphatic rings. The second-order valence-electron chi connectivity index (χ2n) is 5.28. The van der Waals surface area contributed by atoms with Gasteiger partial charge in [-0.15, -0.1) is 0 Å². The Kier molecular flexibility index (Phi) is 4.15. The smallest absolute Gasteiger partial charge is 0.185 e. The summed E-state index contributed by atoms with van der Waals surface area (Å²) in [5, 5.41) is 7.02. The van der Waals surface area contributed by atoms with Crippen molar-refractivity contribution >= 4 is 11.9 Å². The Morgan fingerprint density at radius 1 is 1.09 bits per heavy atom. The van der Waals surface area contributed by atoms with Crippen molar-refractivity contribution in [1.29, 1.82) is 0 Å². The van der Waals surface area contributed by atoms with Gasteiger partial charge in [0.2, 0.25) is 0 Å². The van der Waals surface area contributed by atoms with Crippen molar-refractivity contribution in [2.75, 3.05) is 0 Å². The molecule has 3 nitrogen and oxygen atoms in total. The maximum atomic E-state index is 12.9. The average molecular weight is 306 g/mol. The molecule has 2 aromatic carbocycles. The molecule has 0 aliphatic heterocycles. The van der Waals surface area contributed by atoms with Gasteiger partial charge in [-0.2, -0.15) is 5.10 Å². The molecule has 1 aromatic heterocycles. The molecule has 0 radical (unpaired) electrons. The lowest BCUT2D eigenvalue weighted by Crippen LogP contribution is -1.93. The lowest BCUT2D eigenvalue weighted by atomic mass is 10.1. The second kappa shape index (κ2) is 6.40. The summed E-state index contributed by atoms with van der Waals surface area (Å²) in [5.74, 6) is -0.351. The van der Waals surface area contributed by atoms with E-state index in [1.54, 1.807) is 30.3 Å². The number of carbonyl (C=O) groups is 1. The van der Waals surface area contributed by atoms with E-state index in [-0.39, 0.29) is 11.6 Å². The summed E-state index contributed by atoms with van der Waals surface area (Å²) >= 11 is 0. The van der Waals surface area contributed by atoms with E-state index in [1.165, 1.54) is 18.2 Å². The van der Waals surface area contributed by atoms with Gasteiger partial charge in [0.05, 0.1) is 11.4 Å². The zero-order valence-electron chi connectivity index (χ0n) is 12.6. The molecule has 0 bridgehead atoms. The number of aromatic nitrogens is 2. The second-order valence-corrected chi connectivity index (χ2v) is 5.28. The quantitative estimate of drug-likeness (QED) is 0.573. The van der Waals surface area contributed by atoms with E-state index in [9.17, 15) is 9.18 Å². The van der Waals surface area contributed by atoms with E-state index in [0.29, 0.717) is 17.0 Å². The summed E-state index contributed by atoms with van der Waals surface area (Å²) < 4.78 is 12.9. The molecule has 0 saturated heterocycles. The molecule has 4 heteroatoms. The summed E-state index contributed by atoms with van der Waals surface area (Å²) in [6.45, 7) is 1.98. The zero-order chi connectivity index (χ0) is 16.2. The van der Waals surface area contributed by atoms with Crippen molar-refractivity contribution in [3.63, 3.8) is 0 Å². The zero-order valence-corrected chi connectivity index (χ0v) is 12.6. The molecule has 3 rings (SSSR count). The fourth-order valence-corrected chi connectivity index (χ4v) is 2.17. The first-order valence-electron chi connectivity index (χ1n) is 7.22. The molecule has 0 amide bonds. The fraction of sp³-hybridized carbons (Fsp3) is 0.0526. The average Bonchev–Trinajstić information content (AvgIpc) is 3.03. The van der Waals surface area contributed by atoms with Crippen LogP contribution in [0.25, 0.3) is 17.3 Å². The lowest BCUT2D eigenvalue weighted by Gasteiger charge is -1.96. The summed E-state index contributed by atoms with van der Waals surface area (Å²) in [6.07, 6.45) is 3.19. The van der Waals surface area contributed by atoms with Crippen LogP contribution in [0.3, 0.4) is 0 Å². The van der Waals surface area contributed by atoms with Crippen molar-refractivity contribution in [1.82, 2.24) is 10.2 Å². The van der Waals surface area contributed by atoms with Crippen LogP contribution in [0.1, 0.15) is 21.6 Å². The Morgan fingerprint density at radius 2 is 1.78 bits per heavy atom. The largest absolute Gasteiger partial charge is 0.289 e. The van der Waals surface area contributed by atoms with E-state index in [0.717, 1.165) is 11.1 Å².